The lowest BCUT2D eigenvalue weighted by molar-refractivity contribution is -0.704. The Labute approximate surface area is 123 Å². The fourth-order valence-electron chi connectivity index (χ4n) is 2.71. The number of hydrogen-bond donors (Lipinski definition) is 0. The monoisotopic (exact) mass is 271 g/mol. The molecule has 0 aliphatic heterocycles. The minimum absolute atomic E-state index is 1.07. The van der Waals surface area contributed by atoms with Gasteiger partial charge in [0.2, 0.25) is 0 Å². The molecule has 2 heteroatoms. The van der Waals surface area contributed by atoms with Crippen LogP contribution in [0, 0.1) is 0 Å². The number of imidazole rings is 1. The molecule has 0 N–H and O–H groups in total. The smallest absolute Gasteiger partial charge is 0.235 e. The van der Waals surface area contributed by atoms with E-state index in [4.69, 9.17) is 0 Å². The number of nitrogens with zero attached hydrogens (tertiary/aromatic N) is 2. The Morgan fingerprint density at radius 1 is 1.00 bits per heavy atom. The SMILES string of the molecule is CCCCc1n(CC)cc[n+]1CCCc1ccccc1. The second kappa shape index (κ2) is 7.88. The van der Waals surface area contributed by atoms with Crippen molar-refractivity contribution in [3.05, 3.63) is 54.1 Å². The molecule has 2 rings (SSSR count). The maximum Gasteiger partial charge on any atom is 0.256 e. The maximum absolute atomic E-state index is 2.45. The first-order valence-electron chi connectivity index (χ1n) is 7.96. The minimum Gasteiger partial charge on any atom is -0.235 e. The predicted molar refractivity (Wildman–Crippen MR) is 83.7 cm³/mol. The van der Waals surface area contributed by atoms with Crippen LogP contribution < -0.4 is 4.57 Å². The summed E-state index contributed by atoms with van der Waals surface area (Å²) in [5.74, 6) is 1.49. The second-order valence-electron chi connectivity index (χ2n) is 5.39. The lowest BCUT2D eigenvalue weighted by atomic mass is 10.1. The first kappa shape index (κ1) is 14.8. The molecule has 0 aliphatic rings. The molecule has 0 spiro atoms. The highest BCUT2D eigenvalue weighted by Gasteiger charge is 2.14. The summed E-state index contributed by atoms with van der Waals surface area (Å²) in [6.07, 6.45) is 10.6. The zero-order valence-corrected chi connectivity index (χ0v) is 12.9. The van der Waals surface area contributed by atoms with E-state index in [1.54, 1.807) is 0 Å². The Bertz CT molecular complexity index is 499. The van der Waals surface area contributed by atoms with E-state index in [0.717, 1.165) is 13.1 Å². The van der Waals surface area contributed by atoms with Crippen LogP contribution in [0.5, 0.6) is 0 Å². The molecule has 0 radical (unpaired) electrons. The lowest BCUT2D eigenvalue weighted by Gasteiger charge is -2.04. The van der Waals surface area contributed by atoms with Crippen LogP contribution in [-0.2, 0) is 25.9 Å². The fraction of sp³-hybridized carbons (Fsp3) is 0.500. The first-order valence-corrected chi connectivity index (χ1v) is 7.96. The number of rotatable bonds is 8. The number of unbranched alkanes of at least 4 members (excludes halogenated alkanes) is 1. The first-order chi connectivity index (χ1) is 9.85. The quantitative estimate of drug-likeness (QED) is 0.646. The Kier molecular flexibility index (Phi) is 5.85. The van der Waals surface area contributed by atoms with Gasteiger partial charge in [0.25, 0.3) is 5.82 Å². The van der Waals surface area contributed by atoms with Gasteiger partial charge in [-0.1, -0.05) is 43.7 Å². The van der Waals surface area contributed by atoms with Crippen molar-refractivity contribution in [1.82, 2.24) is 4.57 Å². The molecule has 1 aromatic carbocycles. The summed E-state index contributed by atoms with van der Waals surface area (Å²) in [7, 11) is 0. The Hall–Kier alpha value is -1.57. The highest BCUT2D eigenvalue weighted by Crippen LogP contribution is 2.05. The third-order valence-electron chi connectivity index (χ3n) is 3.89. The molecular formula is C18H27N2+. The summed E-state index contributed by atoms with van der Waals surface area (Å²) in [5, 5.41) is 0. The largest absolute Gasteiger partial charge is 0.256 e. The molecular weight excluding hydrogens is 244 g/mol. The van der Waals surface area contributed by atoms with E-state index in [1.165, 1.54) is 43.5 Å². The minimum atomic E-state index is 1.07. The van der Waals surface area contributed by atoms with Crippen molar-refractivity contribution in [1.29, 1.82) is 0 Å². The van der Waals surface area contributed by atoms with Gasteiger partial charge in [0.05, 0.1) is 13.1 Å². The average molecular weight is 271 g/mol. The molecule has 108 valence electrons. The van der Waals surface area contributed by atoms with E-state index in [-0.39, 0.29) is 0 Å². The van der Waals surface area contributed by atoms with Gasteiger partial charge in [-0.25, -0.2) is 9.13 Å². The highest BCUT2D eigenvalue weighted by atomic mass is 15.1. The van der Waals surface area contributed by atoms with Gasteiger partial charge in [0.1, 0.15) is 12.4 Å². The van der Waals surface area contributed by atoms with Crippen LogP contribution >= 0.6 is 0 Å². The van der Waals surface area contributed by atoms with Gasteiger partial charge in [-0.15, -0.1) is 0 Å². The number of benzene rings is 1. The van der Waals surface area contributed by atoms with Gasteiger partial charge in [-0.2, -0.15) is 0 Å². The number of aryl methyl sites for hydroxylation is 3. The predicted octanol–water partition coefficient (Wildman–Crippen LogP) is 3.77. The van der Waals surface area contributed by atoms with Crippen molar-refractivity contribution in [2.45, 2.75) is 59.0 Å². The Morgan fingerprint density at radius 3 is 2.50 bits per heavy atom. The highest BCUT2D eigenvalue weighted by molar-refractivity contribution is 5.14. The molecule has 0 aliphatic carbocycles. The normalized spacial score (nSPS) is 10.9. The van der Waals surface area contributed by atoms with Gasteiger partial charge in [0.15, 0.2) is 0 Å². The van der Waals surface area contributed by atoms with Crippen LogP contribution in [0.1, 0.15) is 44.5 Å². The van der Waals surface area contributed by atoms with Crippen LogP contribution in [0.3, 0.4) is 0 Å². The number of hydrogen-bond acceptors (Lipinski definition) is 0. The molecule has 20 heavy (non-hydrogen) atoms. The third-order valence-corrected chi connectivity index (χ3v) is 3.89. The molecule has 1 heterocycles. The molecule has 0 bridgehead atoms. The number of aromatic nitrogens is 2. The summed E-state index contributed by atoms with van der Waals surface area (Å²) in [4.78, 5) is 0. The van der Waals surface area contributed by atoms with E-state index in [1.807, 2.05) is 0 Å². The third kappa shape index (κ3) is 3.96. The molecule has 0 amide bonds. The van der Waals surface area contributed by atoms with Crippen molar-refractivity contribution in [2.24, 2.45) is 0 Å². The zero-order chi connectivity index (χ0) is 14.2. The van der Waals surface area contributed by atoms with Crippen molar-refractivity contribution >= 4 is 0 Å². The van der Waals surface area contributed by atoms with Crippen LogP contribution in [0.25, 0.3) is 0 Å². The van der Waals surface area contributed by atoms with Crippen molar-refractivity contribution < 1.29 is 4.57 Å². The average Bonchev–Trinajstić information content (AvgIpc) is 2.88. The van der Waals surface area contributed by atoms with E-state index in [0.29, 0.717) is 0 Å². The van der Waals surface area contributed by atoms with Crippen LogP contribution in [-0.4, -0.2) is 4.57 Å². The molecule has 0 fully saturated rings. The Balaban J connectivity index is 1.93. The molecule has 0 saturated carbocycles. The lowest BCUT2D eigenvalue weighted by Crippen LogP contribution is -2.37. The Morgan fingerprint density at radius 2 is 1.80 bits per heavy atom. The van der Waals surface area contributed by atoms with E-state index in [9.17, 15) is 0 Å². The van der Waals surface area contributed by atoms with Crippen LogP contribution in [0.4, 0.5) is 0 Å². The summed E-state index contributed by atoms with van der Waals surface area (Å²) in [6, 6.07) is 10.8. The summed E-state index contributed by atoms with van der Waals surface area (Å²) in [5.41, 5.74) is 1.44. The second-order valence-corrected chi connectivity index (χ2v) is 5.39. The van der Waals surface area contributed by atoms with Gasteiger partial charge in [-0.05, 0) is 31.7 Å². The molecule has 0 atom stereocenters. The van der Waals surface area contributed by atoms with Gasteiger partial charge >= 0.3 is 0 Å². The van der Waals surface area contributed by atoms with Crippen LogP contribution in [0.2, 0.25) is 0 Å². The van der Waals surface area contributed by atoms with Crippen molar-refractivity contribution in [3.8, 4) is 0 Å². The van der Waals surface area contributed by atoms with E-state index in [2.05, 4.69) is 65.7 Å². The van der Waals surface area contributed by atoms with E-state index < -0.39 is 0 Å². The van der Waals surface area contributed by atoms with Gasteiger partial charge in [-0.3, -0.25) is 0 Å². The summed E-state index contributed by atoms with van der Waals surface area (Å²) >= 11 is 0. The van der Waals surface area contributed by atoms with Crippen molar-refractivity contribution in [2.75, 3.05) is 0 Å². The topological polar surface area (TPSA) is 8.81 Å². The van der Waals surface area contributed by atoms with Crippen molar-refractivity contribution in [3.63, 3.8) is 0 Å². The van der Waals surface area contributed by atoms with Crippen LogP contribution in [0.15, 0.2) is 42.7 Å². The molecule has 2 nitrogen and oxygen atoms in total. The molecule has 1 aromatic heterocycles. The fourth-order valence-corrected chi connectivity index (χ4v) is 2.71. The molecule has 2 aromatic rings. The standard InChI is InChI=1S/C18H27N2/c1-3-5-13-18-19(4-2)15-16-20(18)14-9-12-17-10-7-6-8-11-17/h6-8,10-11,15-16H,3-5,9,12-14H2,1-2H3/q+1. The molecule has 0 saturated heterocycles. The van der Waals surface area contributed by atoms with Gasteiger partial charge in [0, 0.05) is 6.42 Å². The summed E-state index contributed by atoms with van der Waals surface area (Å²) in [6.45, 7) is 6.69. The van der Waals surface area contributed by atoms with Gasteiger partial charge < -0.3 is 0 Å². The summed E-state index contributed by atoms with van der Waals surface area (Å²) < 4.78 is 4.83. The zero-order valence-electron chi connectivity index (χ0n) is 12.9. The van der Waals surface area contributed by atoms with E-state index >= 15 is 0 Å². The maximum atomic E-state index is 2.45. The molecule has 0 unspecified atom stereocenters.